The molecule has 0 aliphatic carbocycles. The monoisotopic (exact) mass is 281 g/mol. The van der Waals surface area contributed by atoms with Gasteiger partial charge in [0, 0.05) is 18.0 Å². The van der Waals surface area contributed by atoms with Crippen molar-refractivity contribution in [1.29, 1.82) is 0 Å². The molecule has 0 bridgehead atoms. The van der Waals surface area contributed by atoms with Crippen molar-refractivity contribution in [2.24, 2.45) is 0 Å². The molecule has 0 aliphatic heterocycles. The number of aryl methyl sites for hydroxylation is 1. The SMILES string of the molecule is Cc1cncc(-c2nc(-c3ccc(C(=O)O)cc3)no2)c1. The number of aromatic nitrogens is 3. The average molecular weight is 281 g/mol. The number of carboxylic acids is 1. The van der Waals surface area contributed by atoms with Crippen LogP contribution in [0.3, 0.4) is 0 Å². The van der Waals surface area contributed by atoms with Crippen molar-refractivity contribution in [2.45, 2.75) is 6.92 Å². The van der Waals surface area contributed by atoms with Crippen LogP contribution in [0, 0.1) is 6.92 Å². The minimum absolute atomic E-state index is 0.213. The maximum absolute atomic E-state index is 10.8. The predicted octanol–water partition coefficient (Wildman–Crippen LogP) is 2.81. The van der Waals surface area contributed by atoms with E-state index in [2.05, 4.69) is 15.1 Å². The molecule has 2 heterocycles. The van der Waals surface area contributed by atoms with Crippen molar-refractivity contribution in [3.63, 3.8) is 0 Å². The normalized spacial score (nSPS) is 10.5. The molecule has 1 N–H and O–H groups in total. The van der Waals surface area contributed by atoms with Gasteiger partial charge in [0.2, 0.25) is 5.82 Å². The second kappa shape index (κ2) is 5.16. The molecule has 3 rings (SSSR count). The summed E-state index contributed by atoms with van der Waals surface area (Å²) in [6.07, 6.45) is 3.39. The predicted molar refractivity (Wildman–Crippen MR) is 74.7 cm³/mol. The van der Waals surface area contributed by atoms with Gasteiger partial charge < -0.3 is 9.63 Å². The number of benzene rings is 1. The Kier molecular flexibility index (Phi) is 3.19. The van der Waals surface area contributed by atoms with E-state index in [4.69, 9.17) is 9.63 Å². The molecule has 21 heavy (non-hydrogen) atoms. The van der Waals surface area contributed by atoms with Crippen LogP contribution >= 0.6 is 0 Å². The number of carboxylic acid groups (broad SMARTS) is 1. The zero-order valence-electron chi connectivity index (χ0n) is 11.1. The molecule has 1 aromatic carbocycles. The Hall–Kier alpha value is -3.02. The standard InChI is InChI=1S/C15H11N3O3/c1-9-6-12(8-16-7-9)14-17-13(18-21-14)10-2-4-11(5-3-10)15(19)20/h2-8H,1H3,(H,19,20). The second-order valence-corrected chi connectivity index (χ2v) is 4.56. The van der Waals surface area contributed by atoms with E-state index in [1.165, 1.54) is 12.1 Å². The Morgan fingerprint density at radius 3 is 2.57 bits per heavy atom. The maximum Gasteiger partial charge on any atom is 0.335 e. The molecule has 0 unspecified atom stereocenters. The number of carbonyl (C=O) groups is 1. The molecule has 0 amide bonds. The Balaban J connectivity index is 1.93. The molecule has 0 fully saturated rings. The molecule has 3 aromatic rings. The lowest BCUT2D eigenvalue weighted by atomic mass is 10.1. The first-order valence-electron chi connectivity index (χ1n) is 6.23. The van der Waals surface area contributed by atoms with Crippen molar-refractivity contribution in [3.8, 4) is 22.8 Å². The van der Waals surface area contributed by atoms with Gasteiger partial charge in [-0.3, -0.25) is 4.98 Å². The fourth-order valence-corrected chi connectivity index (χ4v) is 1.89. The summed E-state index contributed by atoms with van der Waals surface area (Å²) in [5, 5.41) is 12.8. The molecular formula is C15H11N3O3. The van der Waals surface area contributed by atoms with Crippen LogP contribution in [0.25, 0.3) is 22.8 Å². The molecule has 2 aromatic heterocycles. The van der Waals surface area contributed by atoms with Crippen LogP contribution in [-0.4, -0.2) is 26.2 Å². The van der Waals surface area contributed by atoms with Crippen LogP contribution in [0.5, 0.6) is 0 Å². The fraction of sp³-hybridized carbons (Fsp3) is 0.0667. The Bertz CT molecular complexity index is 794. The first-order valence-corrected chi connectivity index (χ1v) is 6.23. The third-order valence-corrected chi connectivity index (χ3v) is 2.94. The van der Waals surface area contributed by atoms with Crippen LogP contribution in [0.4, 0.5) is 0 Å². The van der Waals surface area contributed by atoms with E-state index in [1.807, 2.05) is 13.0 Å². The van der Waals surface area contributed by atoms with Crippen LogP contribution in [0.1, 0.15) is 15.9 Å². The van der Waals surface area contributed by atoms with E-state index in [0.717, 1.165) is 11.1 Å². The highest BCUT2D eigenvalue weighted by Crippen LogP contribution is 2.22. The van der Waals surface area contributed by atoms with Crippen molar-refractivity contribution in [1.82, 2.24) is 15.1 Å². The summed E-state index contributed by atoms with van der Waals surface area (Å²) in [4.78, 5) is 19.2. The van der Waals surface area contributed by atoms with E-state index in [1.54, 1.807) is 24.5 Å². The summed E-state index contributed by atoms with van der Waals surface area (Å²) < 4.78 is 5.22. The molecule has 6 nitrogen and oxygen atoms in total. The first-order chi connectivity index (χ1) is 10.1. The largest absolute Gasteiger partial charge is 0.478 e. The summed E-state index contributed by atoms with van der Waals surface area (Å²) in [5.41, 5.74) is 2.65. The summed E-state index contributed by atoms with van der Waals surface area (Å²) in [7, 11) is 0. The molecule has 6 heteroatoms. The van der Waals surface area contributed by atoms with Crippen LogP contribution in [0.2, 0.25) is 0 Å². The molecule has 0 saturated carbocycles. The highest BCUT2D eigenvalue weighted by Gasteiger charge is 2.11. The minimum atomic E-state index is -0.971. The lowest BCUT2D eigenvalue weighted by Crippen LogP contribution is -1.95. The van der Waals surface area contributed by atoms with E-state index in [0.29, 0.717) is 17.3 Å². The summed E-state index contributed by atoms with van der Waals surface area (Å²) in [6.45, 7) is 1.93. The van der Waals surface area contributed by atoms with Crippen LogP contribution in [-0.2, 0) is 0 Å². The Morgan fingerprint density at radius 2 is 1.90 bits per heavy atom. The number of pyridine rings is 1. The average Bonchev–Trinajstić information content (AvgIpc) is 2.97. The number of nitrogens with zero attached hydrogens (tertiary/aromatic N) is 3. The van der Waals surface area contributed by atoms with Gasteiger partial charge >= 0.3 is 5.97 Å². The smallest absolute Gasteiger partial charge is 0.335 e. The Morgan fingerprint density at radius 1 is 1.14 bits per heavy atom. The zero-order chi connectivity index (χ0) is 14.8. The van der Waals surface area contributed by atoms with Gasteiger partial charge in [-0.15, -0.1) is 0 Å². The van der Waals surface area contributed by atoms with Crippen molar-refractivity contribution in [3.05, 3.63) is 53.9 Å². The number of aromatic carboxylic acids is 1. The third-order valence-electron chi connectivity index (χ3n) is 2.94. The zero-order valence-corrected chi connectivity index (χ0v) is 11.1. The lowest BCUT2D eigenvalue weighted by Gasteiger charge is -1.96. The van der Waals surface area contributed by atoms with Gasteiger partial charge in [0.15, 0.2) is 0 Å². The maximum atomic E-state index is 10.8. The van der Waals surface area contributed by atoms with Gasteiger partial charge in [-0.25, -0.2) is 4.79 Å². The molecule has 0 spiro atoms. The third kappa shape index (κ3) is 2.64. The lowest BCUT2D eigenvalue weighted by molar-refractivity contribution is 0.0697. The molecule has 0 radical (unpaired) electrons. The fourth-order valence-electron chi connectivity index (χ4n) is 1.89. The first kappa shape index (κ1) is 13.0. The summed E-state index contributed by atoms with van der Waals surface area (Å²) in [6, 6.07) is 8.20. The quantitative estimate of drug-likeness (QED) is 0.794. The van der Waals surface area contributed by atoms with Crippen molar-refractivity contribution >= 4 is 5.97 Å². The number of rotatable bonds is 3. The Labute approximate surface area is 120 Å². The van der Waals surface area contributed by atoms with Crippen molar-refractivity contribution in [2.75, 3.05) is 0 Å². The highest BCUT2D eigenvalue weighted by molar-refractivity contribution is 5.88. The number of hydrogen-bond donors (Lipinski definition) is 1. The van der Waals surface area contributed by atoms with E-state index in [9.17, 15) is 4.79 Å². The number of hydrogen-bond acceptors (Lipinski definition) is 5. The van der Waals surface area contributed by atoms with E-state index >= 15 is 0 Å². The van der Waals surface area contributed by atoms with E-state index in [-0.39, 0.29) is 5.56 Å². The topological polar surface area (TPSA) is 89.1 Å². The van der Waals surface area contributed by atoms with Gasteiger partial charge in [-0.1, -0.05) is 17.3 Å². The van der Waals surface area contributed by atoms with E-state index < -0.39 is 5.97 Å². The molecule has 0 saturated heterocycles. The molecule has 104 valence electrons. The highest BCUT2D eigenvalue weighted by atomic mass is 16.5. The summed E-state index contributed by atoms with van der Waals surface area (Å²) >= 11 is 0. The summed E-state index contributed by atoms with van der Waals surface area (Å²) in [5.74, 6) is -0.187. The van der Waals surface area contributed by atoms with Gasteiger partial charge in [0.05, 0.1) is 11.1 Å². The molecule has 0 atom stereocenters. The van der Waals surface area contributed by atoms with Crippen LogP contribution < -0.4 is 0 Å². The van der Waals surface area contributed by atoms with Gasteiger partial charge in [0.1, 0.15) is 0 Å². The van der Waals surface area contributed by atoms with Gasteiger partial charge in [-0.2, -0.15) is 4.98 Å². The van der Waals surface area contributed by atoms with Crippen LogP contribution in [0.15, 0.2) is 47.2 Å². The minimum Gasteiger partial charge on any atom is -0.478 e. The van der Waals surface area contributed by atoms with Crippen molar-refractivity contribution < 1.29 is 14.4 Å². The molecular weight excluding hydrogens is 270 g/mol. The van der Waals surface area contributed by atoms with Gasteiger partial charge in [-0.05, 0) is 30.7 Å². The molecule has 0 aliphatic rings. The second-order valence-electron chi connectivity index (χ2n) is 4.56. The van der Waals surface area contributed by atoms with Gasteiger partial charge in [0.25, 0.3) is 5.89 Å².